The zero-order chi connectivity index (χ0) is 9.03. The molecule has 0 spiro atoms. The second-order valence-corrected chi connectivity index (χ2v) is 4.81. The van der Waals surface area contributed by atoms with Gasteiger partial charge in [0, 0.05) is 5.41 Å². The molecule has 70 valence electrons. The lowest BCUT2D eigenvalue weighted by atomic mass is 9.77. The number of carbonyl (C=O) groups is 1. The number of carbonyl (C=O) groups excluding carboxylic acids is 1. The largest absolute Gasteiger partial charge is 0.303 e. The Balaban J connectivity index is 2.33. The van der Waals surface area contributed by atoms with Crippen molar-refractivity contribution in [3.8, 4) is 0 Å². The minimum absolute atomic E-state index is 0.0813. The quantitative estimate of drug-likeness (QED) is 0.591. The third kappa shape index (κ3) is 2.96. The Bertz CT molecular complexity index is 143. The Morgan fingerprint density at radius 1 is 1.25 bits per heavy atom. The van der Waals surface area contributed by atoms with Crippen LogP contribution >= 0.6 is 0 Å². The maximum atomic E-state index is 10.7. The molecule has 0 heterocycles. The average Bonchev–Trinajstić information content (AvgIpc) is 2.06. The topological polar surface area (TPSA) is 17.1 Å². The first-order valence-electron chi connectivity index (χ1n) is 5.10. The Kier molecular flexibility index (Phi) is 3.30. The first kappa shape index (κ1) is 9.76. The minimum Gasteiger partial charge on any atom is -0.303 e. The molecule has 1 nitrogen and oxygen atoms in total. The molecule has 1 aliphatic rings. The Labute approximate surface area is 75.5 Å². The van der Waals surface area contributed by atoms with E-state index in [-0.39, 0.29) is 5.41 Å². The van der Waals surface area contributed by atoms with Crippen LogP contribution in [0.3, 0.4) is 0 Å². The summed E-state index contributed by atoms with van der Waals surface area (Å²) in [5.41, 5.74) is -0.0813. The van der Waals surface area contributed by atoms with Crippen molar-refractivity contribution >= 4 is 6.29 Å². The van der Waals surface area contributed by atoms with Crippen molar-refractivity contribution in [2.75, 3.05) is 0 Å². The molecular weight excluding hydrogens is 148 g/mol. The van der Waals surface area contributed by atoms with Crippen molar-refractivity contribution in [3.05, 3.63) is 0 Å². The lowest BCUT2D eigenvalue weighted by Crippen LogP contribution is -2.20. The van der Waals surface area contributed by atoms with Crippen LogP contribution in [-0.4, -0.2) is 6.29 Å². The molecule has 1 fully saturated rings. The highest BCUT2D eigenvalue weighted by atomic mass is 16.1. The van der Waals surface area contributed by atoms with Gasteiger partial charge in [-0.3, -0.25) is 0 Å². The van der Waals surface area contributed by atoms with Crippen molar-refractivity contribution in [1.29, 1.82) is 0 Å². The summed E-state index contributed by atoms with van der Waals surface area (Å²) in [7, 11) is 0. The van der Waals surface area contributed by atoms with Gasteiger partial charge in [-0.25, -0.2) is 0 Å². The Hall–Kier alpha value is -0.330. The van der Waals surface area contributed by atoms with Crippen LogP contribution in [0.15, 0.2) is 0 Å². The van der Waals surface area contributed by atoms with E-state index < -0.39 is 0 Å². The maximum absolute atomic E-state index is 10.7. The molecule has 0 radical (unpaired) electrons. The van der Waals surface area contributed by atoms with E-state index in [9.17, 15) is 4.79 Å². The summed E-state index contributed by atoms with van der Waals surface area (Å²) in [5, 5.41) is 0. The van der Waals surface area contributed by atoms with Crippen LogP contribution in [0.5, 0.6) is 0 Å². The minimum atomic E-state index is -0.0813. The van der Waals surface area contributed by atoms with Gasteiger partial charge >= 0.3 is 0 Å². The van der Waals surface area contributed by atoms with Gasteiger partial charge in [0.15, 0.2) is 0 Å². The van der Waals surface area contributed by atoms with E-state index in [1.165, 1.54) is 32.1 Å². The van der Waals surface area contributed by atoms with Crippen LogP contribution in [0.25, 0.3) is 0 Å². The first-order valence-corrected chi connectivity index (χ1v) is 5.10. The highest BCUT2D eigenvalue weighted by molar-refractivity contribution is 5.57. The van der Waals surface area contributed by atoms with Gasteiger partial charge in [-0.1, -0.05) is 46.0 Å². The van der Waals surface area contributed by atoms with Gasteiger partial charge in [0.1, 0.15) is 6.29 Å². The van der Waals surface area contributed by atoms with Crippen molar-refractivity contribution in [2.45, 2.75) is 52.4 Å². The van der Waals surface area contributed by atoms with Crippen LogP contribution in [0.1, 0.15) is 52.4 Å². The summed E-state index contributed by atoms with van der Waals surface area (Å²) in [6.07, 6.45) is 9.05. The van der Waals surface area contributed by atoms with Crippen LogP contribution in [0.4, 0.5) is 0 Å². The highest BCUT2D eigenvalue weighted by Gasteiger charge is 2.23. The van der Waals surface area contributed by atoms with Gasteiger partial charge < -0.3 is 4.79 Å². The van der Waals surface area contributed by atoms with E-state index in [4.69, 9.17) is 0 Å². The molecule has 0 aromatic rings. The second kappa shape index (κ2) is 4.06. The molecule has 0 amide bonds. The molecule has 12 heavy (non-hydrogen) atoms. The zero-order valence-electron chi connectivity index (χ0n) is 8.31. The molecule has 0 bridgehead atoms. The Morgan fingerprint density at radius 3 is 2.33 bits per heavy atom. The predicted molar refractivity (Wildman–Crippen MR) is 51.0 cm³/mol. The van der Waals surface area contributed by atoms with Gasteiger partial charge in [0.25, 0.3) is 0 Å². The molecule has 0 aliphatic heterocycles. The molecule has 1 heteroatoms. The average molecular weight is 168 g/mol. The number of aldehydes is 1. The van der Waals surface area contributed by atoms with Crippen molar-refractivity contribution in [3.63, 3.8) is 0 Å². The van der Waals surface area contributed by atoms with Crippen LogP contribution in [-0.2, 0) is 4.79 Å². The summed E-state index contributed by atoms with van der Waals surface area (Å²) in [5.74, 6) is 0.818. The molecule has 0 aromatic heterocycles. The van der Waals surface area contributed by atoms with Gasteiger partial charge in [-0.2, -0.15) is 0 Å². The summed E-state index contributed by atoms with van der Waals surface area (Å²) in [4.78, 5) is 10.7. The van der Waals surface area contributed by atoms with Crippen LogP contribution < -0.4 is 0 Å². The Morgan fingerprint density at radius 2 is 1.83 bits per heavy atom. The molecule has 0 atom stereocenters. The predicted octanol–water partition coefficient (Wildman–Crippen LogP) is 3.18. The van der Waals surface area contributed by atoms with Gasteiger partial charge in [-0.05, 0) is 12.3 Å². The van der Waals surface area contributed by atoms with E-state index in [0.29, 0.717) is 0 Å². The normalized spacial score (nSPS) is 20.8. The zero-order valence-corrected chi connectivity index (χ0v) is 8.31. The second-order valence-electron chi connectivity index (χ2n) is 4.81. The monoisotopic (exact) mass is 168 g/mol. The SMILES string of the molecule is CC(C)(C=O)CC1CCCCC1. The number of hydrogen-bond acceptors (Lipinski definition) is 1. The van der Waals surface area contributed by atoms with E-state index in [0.717, 1.165) is 18.6 Å². The van der Waals surface area contributed by atoms with E-state index in [1.807, 2.05) is 0 Å². The molecular formula is C11H20O. The third-order valence-corrected chi connectivity index (χ3v) is 2.86. The van der Waals surface area contributed by atoms with Gasteiger partial charge in [-0.15, -0.1) is 0 Å². The fraction of sp³-hybridized carbons (Fsp3) is 0.909. The fourth-order valence-corrected chi connectivity index (χ4v) is 2.18. The van der Waals surface area contributed by atoms with Crippen LogP contribution in [0, 0.1) is 11.3 Å². The maximum Gasteiger partial charge on any atom is 0.125 e. The summed E-state index contributed by atoms with van der Waals surface area (Å²) >= 11 is 0. The highest BCUT2D eigenvalue weighted by Crippen LogP contribution is 2.33. The van der Waals surface area contributed by atoms with Crippen molar-refractivity contribution in [1.82, 2.24) is 0 Å². The van der Waals surface area contributed by atoms with Crippen molar-refractivity contribution in [2.24, 2.45) is 11.3 Å². The van der Waals surface area contributed by atoms with Gasteiger partial charge in [0.2, 0.25) is 0 Å². The molecule has 1 saturated carbocycles. The lowest BCUT2D eigenvalue weighted by Gasteiger charge is -2.27. The molecule has 0 N–H and O–H groups in total. The molecule has 1 rings (SSSR count). The summed E-state index contributed by atoms with van der Waals surface area (Å²) in [6.45, 7) is 4.10. The van der Waals surface area contributed by atoms with Crippen molar-refractivity contribution < 1.29 is 4.79 Å². The number of rotatable bonds is 3. The lowest BCUT2D eigenvalue weighted by molar-refractivity contribution is -0.115. The van der Waals surface area contributed by atoms with Gasteiger partial charge in [0.05, 0.1) is 0 Å². The molecule has 0 unspecified atom stereocenters. The van der Waals surface area contributed by atoms with E-state index >= 15 is 0 Å². The standard InChI is InChI=1S/C11H20O/c1-11(2,9-12)8-10-6-4-3-5-7-10/h9-10H,3-8H2,1-2H3. The first-order chi connectivity index (χ1) is 5.64. The molecule has 1 aliphatic carbocycles. The third-order valence-electron chi connectivity index (χ3n) is 2.86. The summed E-state index contributed by atoms with van der Waals surface area (Å²) in [6, 6.07) is 0. The number of hydrogen-bond donors (Lipinski definition) is 0. The molecule has 0 aromatic carbocycles. The fourth-order valence-electron chi connectivity index (χ4n) is 2.18. The molecule has 0 saturated heterocycles. The van der Waals surface area contributed by atoms with E-state index in [2.05, 4.69) is 13.8 Å². The summed E-state index contributed by atoms with van der Waals surface area (Å²) < 4.78 is 0. The smallest absolute Gasteiger partial charge is 0.125 e. The van der Waals surface area contributed by atoms with Crippen LogP contribution in [0.2, 0.25) is 0 Å². The van der Waals surface area contributed by atoms with E-state index in [1.54, 1.807) is 0 Å².